The second-order valence-electron chi connectivity index (χ2n) is 7.30. The summed E-state index contributed by atoms with van der Waals surface area (Å²) in [7, 11) is 1.74. The van der Waals surface area contributed by atoms with Crippen molar-refractivity contribution in [3.8, 4) is 16.9 Å². The van der Waals surface area contributed by atoms with Crippen LogP contribution in [-0.2, 0) is 24.7 Å². The zero-order chi connectivity index (χ0) is 20.3. The average Bonchev–Trinajstić information content (AvgIpc) is 2.97. The highest BCUT2D eigenvalue weighted by Crippen LogP contribution is 2.42. The number of carboxylic acid groups (broad SMARTS) is 1. The van der Waals surface area contributed by atoms with E-state index in [1.807, 2.05) is 31.2 Å². The molecule has 29 heavy (non-hydrogen) atoms. The fraction of sp³-hybridized carbons (Fsp3) is 0.227. The van der Waals surface area contributed by atoms with Gasteiger partial charge in [-0.2, -0.15) is 0 Å². The third-order valence-electron chi connectivity index (χ3n) is 5.58. The van der Waals surface area contributed by atoms with E-state index >= 15 is 0 Å². The van der Waals surface area contributed by atoms with Crippen LogP contribution in [0.3, 0.4) is 0 Å². The van der Waals surface area contributed by atoms with Gasteiger partial charge in [0.05, 0.1) is 28.8 Å². The van der Waals surface area contributed by atoms with Gasteiger partial charge in [-0.15, -0.1) is 0 Å². The molecule has 3 heterocycles. The van der Waals surface area contributed by atoms with Gasteiger partial charge in [-0.25, -0.2) is 0 Å². The molecule has 6 nitrogen and oxygen atoms in total. The van der Waals surface area contributed by atoms with Gasteiger partial charge in [-0.05, 0) is 47.9 Å². The number of ether oxygens (including phenoxy) is 1. The molecule has 0 saturated heterocycles. The lowest BCUT2D eigenvalue weighted by atomic mass is 9.90. The summed E-state index contributed by atoms with van der Waals surface area (Å²) in [5, 5.41) is 10.5. The summed E-state index contributed by atoms with van der Waals surface area (Å²) in [4.78, 5) is 28.6. The molecule has 4 aromatic rings. The summed E-state index contributed by atoms with van der Waals surface area (Å²) >= 11 is 1.14. The summed E-state index contributed by atoms with van der Waals surface area (Å²) in [6.45, 7) is 2.52. The van der Waals surface area contributed by atoms with E-state index in [0.717, 1.165) is 61.3 Å². The maximum Gasteiger partial charge on any atom is 0.307 e. The molecule has 0 atom stereocenters. The highest BCUT2D eigenvalue weighted by atomic mass is 32.1. The molecular formula is C22H18N2O4S. The number of thiazole rings is 1. The van der Waals surface area contributed by atoms with E-state index in [1.165, 1.54) is 5.56 Å². The number of rotatable bonds is 3. The molecule has 2 aromatic heterocycles. The smallest absolute Gasteiger partial charge is 0.307 e. The lowest BCUT2D eigenvalue weighted by Crippen LogP contribution is -2.10. The normalized spacial score (nSPS) is 13.0. The summed E-state index contributed by atoms with van der Waals surface area (Å²) in [6, 6.07) is 7.76. The van der Waals surface area contributed by atoms with Crippen molar-refractivity contribution in [1.29, 1.82) is 0 Å². The monoisotopic (exact) mass is 406 g/mol. The number of aromatic nitrogens is 2. The van der Waals surface area contributed by atoms with Gasteiger partial charge < -0.3 is 14.4 Å². The summed E-state index contributed by atoms with van der Waals surface area (Å²) in [6.07, 6.45) is 2.47. The van der Waals surface area contributed by atoms with Crippen molar-refractivity contribution in [3.63, 3.8) is 0 Å². The van der Waals surface area contributed by atoms with E-state index in [0.29, 0.717) is 12.2 Å². The topological polar surface area (TPSA) is 81.4 Å². The van der Waals surface area contributed by atoms with Crippen molar-refractivity contribution in [3.05, 3.63) is 56.8 Å². The molecule has 0 saturated carbocycles. The van der Waals surface area contributed by atoms with Crippen LogP contribution in [0.4, 0.5) is 0 Å². The first-order valence-electron chi connectivity index (χ1n) is 9.33. The molecule has 0 spiro atoms. The van der Waals surface area contributed by atoms with Crippen LogP contribution in [-0.4, -0.2) is 27.2 Å². The predicted octanol–water partition coefficient (Wildman–Crippen LogP) is 3.69. The molecule has 7 heteroatoms. The lowest BCUT2D eigenvalue weighted by molar-refractivity contribution is -0.136. The lowest BCUT2D eigenvalue weighted by Gasteiger charge is -2.21. The molecule has 146 valence electrons. The summed E-state index contributed by atoms with van der Waals surface area (Å²) in [5.74, 6) is -0.112. The second-order valence-corrected chi connectivity index (χ2v) is 8.26. The van der Waals surface area contributed by atoms with Crippen LogP contribution in [0.15, 0.2) is 35.3 Å². The van der Waals surface area contributed by atoms with Crippen LogP contribution in [0.2, 0.25) is 0 Å². The van der Waals surface area contributed by atoms with E-state index in [1.54, 1.807) is 17.8 Å². The zero-order valence-corrected chi connectivity index (χ0v) is 16.8. The highest BCUT2D eigenvalue weighted by Gasteiger charge is 2.23. The Morgan fingerprint density at radius 2 is 2.17 bits per heavy atom. The standard InChI is InChI=1S/C22H18N2O4S/c1-11-9-15-21(29-22(27)24(15)2)19(14(11)10-17(25)26)13-3-4-16-18-12(6-8-28-16)5-7-23-20(13)18/h3-5,7,9H,6,8,10H2,1-2H3,(H,25,26). The molecule has 2 aromatic carbocycles. The number of aliphatic carboxylic acids is 1. The van der Waals surface area contributed by atoms with E-state index in [9.17, 15) is 14.7 Å². The number of pyridine rings is 1. The average molecular weight is 406 g/mol. The minimum absolute atomic E-state index is 0.0767. The Hall–Kier alpha value is -3.19. The first-order chi connectivity index (χ1) is 14.0. The third-order valence-corrected chi connectivity index (χ3v) is 6.65. The molecule has 1 aliphatic heterocycles. The van der Waals surface area contributed by atoms with Gasteiger partial charge >= 0.3 is 10.8 Å². The molecule has 0 radical (unpaired) electrons. The fourth-order valence-corrected chi connectivity index (χ4v) is 5.24. The Labute approximate surface area is 170 Å². The van der Waals surface area contributed by atoms with Crippen molar-refractivity contribution in [2.24, 2.45) is 7.05 Å². The molecular weight excluding hydrogens is 388 g/mol. The minimum Gasteiger partial charge on any atom is -0.493 e. The molecule has 0 amide bonds. The zero-order valence-electron chi connectivity index (χ0n) is 16.0. The van der Waals surface area contributed by atoms with Crippen LogP contribution >= 0.6 is 11.3 Å². The Bertz CT molecular complexity index is 1370. The summed E-state index contributed by atoms with van der Waals surface area (Å²) < 4.78 is 8.23. The number of aryl methyl sites for hydroxylation is 2. The first-order valence-corrected chi connectivity index (χ1v) is 10.1. The van der Waals surface area contributed by atoms with Crippen LogP contribution in [0.25, 0.3) is 32.2 Å². The van der Waals surface area contributed by atoms with Crippen LogP contribution in [0, 0.1) is 6.92 Å². The van der Waals surface area contributed by atoms with E-state index in [2.05, 4.69) is 4.98 Å². The minimum atomic E-state index is -0.906. The number of nitrogens with zero attached hydrogens (tertiary/aromatic N) is 2. The Morgan fingerprint density at radius 1 is 1.34 bits per heavy atom. The van der Waals surface area contributed by atoms with Crippen LogP contribution in [0.5, 0.6) is 5.75 Å². The molecule has 0 fully saturated rings. The molecule has 0 aliphatic carbocycles. The predicted molar refractivity (Wildman–Crippen MR) is 113 cm³/mol. The molecule has 0 unspecified atom stereocenters. The quantitative estimate of drug-likeness (QED) is 0.561. The number of fused-ring (bicyclic) bond motifs is 1. The summed E-state index contributed by atoms with van der Waals surface area (Å²) in [5.41, 5.74) is 5.93. The maximum atomic E-state index is 12.4. The van der Waals surface area contributed by atoms with Crippen molar-refractivity contribution in [2.75, 3.05) is 6.61 Å². The van der Waals surface area contributed by atoms with E-state index in [4.69, 9.17) is 4.74 Å². The fourth-order valence-electron chi connectivity index (χ4n) is 4.19. The first kappa shape index (κ1) is 17.9. The second kappa shape index (κ2) is 6.42. The number of benzene rings is 2. The SMILES string of the molecule is Cc1cc2c(sc(=O)n2C)c(-c2ccc3c4c(ccnc24)CCO3)c1CC(=O)O. The van der Waals surface area contributed by atoms with Gasteiger partial charge in [0.25, 0.3) is 0 Å². The van der Waals surface area contributed by atoms with Gasteiger partial charge in [0.1, 0.15) is 5.75 Å². The largest absolute Gasteiger partial charge is 0.493 e. The Kier molecular flexibility index (Phi) is 3.96. The maximum absolute atomic E-state index is 12.4. The van der Waals surface area contributed by atoms with Gasteiger partial charge in [-0.1, -0.05) is 11.3 Å². The number of hydrogen-bond acceptors (Lipinski definition) is 5. The highest BCUT2D eigenvalue weighted by molar-refractivity contribution is 7.17. The van der Waals surface area contributed by atoms with Crippen molar-refractivity contribution in [2.45, 2.75) is 19.8 Å². The van der Waals surface area contributed by atoms with Crippen molar-refractivity contribution in [1.82, 2.24) is 9.55 Å². The molecule has 1 aliphatic rings. The van der Waals surface area contributed by atoms with Crippen LogP contribution in [0.1, 0.15) is 16.7 Å². The van der Waals surface area contributed by atoms with E-state index in [-0.39, 0.29) is 11.3 Å². The molecule has 1 N–H and O–H groups in total. The number of hydrogen-bond donors (Lipinski definition) is 1. The molecule has 0 bridgehead atoms. The number of carboxylic acids is 1. The van der Waals surface area contributed by atoms with Gasteiger partial charge in [0.2, 0.25) is 0 Å². The van der Waals surface area contributed by atoms with E-state index < -0.39 is 5.97 Å². The van der Waals surface area contributed by atoms with Crippen LogP contribution < -0.4 is 9.61 Å². The van der Waals surface area contributed by atoms with Crippen molar-refractivity contribution >= 4 is 38.4 Å². The van der Waals surface area contributed by atoms with Gasteiger partial charge in [-0.3, -0.25) is 14.6 Å². The molecule has 5 rings (SSSR count). The Morgan fingerprint density at radius 3 is 2.97 bits per heavy atom. The third kappa shape index (κ3) is 2.65. The van der Waals surface area contributed by atoms with Gasteiger partial charge in [0.15, 0.2) is 0 Å². The van der Waals surface area contributed by atoms with Crippen molar-refractivity contribution < 1.29 is 14.6 Å². The van der Waals surface area contributed by atoms with Gasteiger partial charge in [0, 0.05) is 36.2 Å². The number of carbonyl (C=O) groups is 1. The Balaban J connectivity index is 1.95.